The summed E-state index contributed by atoms with van der Waals surface area (Å²) in [4.78, 5) is 24.2. The molecule has 0 unspecified atom stereocenters. The standard InChI is InChI=1S/C17H19BrO4/c1-2-21-16(20)11-5-7-17(8-6-11)10-14(19)13-4-3-12(18)9-15(13)22-17/h3-4,9,11H,2,5-8,10H2,1H3. The van der Waals surface area contributed by atoms with Crippen LogP contribution >= 0.6 is 15.9 Å². The van der Waals surface area contributed by atoms with Crippen molar-refractivity contribution in [2.75, 3.05) is 6.61 Å². The number of ether oxygens (including phenoxy) is 2. The predicted octanol–water partition coefficient (Wildman–Crippen LogP) is 3.91. The minimum absolute atomic E-state index is 0.0619. The van der Waals surface area contributed by atoms with Crippen molar-refractivity contribution in [3.63, 3.8) is 0 Å². The van der Waals surface area contributed by atoms with Crippen LogP contribution in [0.2, 0.25) is 0 Å². The van der Waals surface area contributed by atoms with Crippen LogP contribution < -0.4 is 4.74 Å². The lowest BCUT2D eigenvalue weighted by Gasteiger charge is -2.42. The maximum atomic E-state index is 12.4. The molecular formula is C17H19BrO4. The van der Waals surface area contributed by atoms with Crippen LogP contribution in [-0.2, 0) is 9.53 Å². The van der Waals surface area contributed by atoms with Crippen molar-refractivity contribution in [1.82, 2.24) is 0 Å². The molecule has 1 aromatic rings. The molecule has 0 radical (unpaired) electrons. The third-order valence-electron chi connectivity index (χ3n) is 4.57. The average molecular weight is 367 g/mol. The van der Waals surface area contributed by atoms with Crippen molar-refractivity contribution in [3.8, 4) is 5.75 Å². The number of fused-ring (bicyclic) bond motifs is 1. The monoisotopic (exact) mass is 366 g/mol. The number of halogens is 1. The molecular weight excluding hydrogens is 348 g/mol. The second-order valence-electron chi connectivity index (χ2n) is 6.05. The van der Waals surface area contributed by atoms with E-state index in [0.717, 1.165) is 17.3 Å². The highest BCUT2D eigenvalue weighted by atomic mass is 79.9. The molecule has 4 nitrogen and oxygen atoms in total. The molecule has 5 heteroatoms. The lowest BCUT2D eigenvalue weighted by Crippen LogP contribution is -2.46. The molecule has 0 aromatic heterocycles. The highest BCUT2D eigenvalue weighted by Gasteiger charge is 2.44. The van der Waals surface area contributed by atoms with Crippen LogP contribution in [0.1, 0.15) is 49.4 Å². The molecule has 0 saturated heterocycles. The van der Waals surface area contributed by atoms with Gasteiger partial charge in [-0.15, -0.1) is 0 Å². The fraction of sp³-hybridized carbons (Fsp3) is 0.529. The van der Waals surface area contributed by atoms with Gasteiger partial charge >= 0.3 is 5.97 Å². The average Bonchev–Trinajstić information content (AvgIpc) is 2.47. The number of carbonyl (C=O) groups excluding carboxylic acids is 2. The van der Waals surface area contributed by atoms with E-state index in [-0.39, 0.29) is 17.7 Å². The zero-order valence-corrected chi connectivity index (χ0v) is 14.1. The molecule has 1 aliphatic heterocycles. The Morgan fingerprint density at radius 3 is 2.82 bits per heavy atom. The number of rotatable bonds is 2. The summed E-state index contributed by atoms with van der Waals surface area (Å²) >= 11 is 3.42. The van der Waals surface area contributed by atoms with Crippen LogP contribution in [-0.4, -0.2) is 24.0 Å². The largest absolute Gasteiger partial charge is 0.486 e. The van der Waals surface area contributed by atoms with Crippen LogP contribution in [0.5, 0.6) is 5.75 Å². The molecule has 1 aromatic carbocycles. The number of hydrogen-bond donors (Lipinski definition) is 0. The lowest BCUT2D eigenvalue weighted by molar-refractivity contribution is -0.150. The quantitative estimate of drug-likeness (QED) is 0.744. The Hall–Kier alpha value is -1.36. The Bertz CT molecular complexity index is 603. The molecule has 1 aliphatic carbocycles. The molecule has 0 bridgehead atoms. The molecule has 2 aliphatic rings. The molecule has 1 heterocycles. The van der Waals surface area contributed by atoms with Gasteiger partial charge in [0.15, 0.2) is 5.78 Å². The van der Waals surface area contributed by atoms with Gasteiger partial charge in [-0.05, 0) is 50.8 Å². The van der Waals surface area contributed by atoms with Crippen molar-refractivity contribution >= 4 is 27.7 Å². The Labute approximate surface area is 138 Å². The molecule has 1 spiro atoms. The molecule has 1 saturated carbocycles. The number of hydrogen-bond acceptors (Lipinski definition) is 4. The molecule has 118 valence electrons. The van der Waals surface area contributed by atoms with E-state index >= 15 is 0 Å². The van der Waals surface area contributed by atoms with E-state index in [0.29, 0.717) is 37.2 Å². The third kappa shape index (κ3) is 2.91. The van der Waals surface area contributed by atoms with Gasteiger partial charge in [-0.25, -0.2) is 0 Å². The third-order valence-corrected chi connectivity index (χ3v) is 5.06. The lowest BCUT2D eigenvalue weighted by atomic mass is 9.74. The van der Waals surface area contributed by atoms with Gasteiger partial charge in [-0.1, -0.05) is 15.9 Å². The van der Waals surface area contributed by atoms with Crippen LogP contribution in [0.15, 0.2) is 22.7 Å². The fourth-order valence-electron chi connectivity index (χ4n) is 3.39. The van der Waals surface area contributed by atoms with Crippen molar-refractivity contribution in [2.45, 2.75) is 44.6 Å². The van der Waals surface area contributed by atoms with Gasteiger partial charge in [0.25, 0.3) is 0 Å². The van der Waals surface area contributed by atoms with E-state index < -0.39 is 5.60 Å². The summed E-state index contributed by atoms with van der Waals surface area (Å²) < 4.78 is 12.2. The molecule has 0 atom stereocenters. The first-order valence-corrected chi connectivity index (χ1v) is 8.51. The SMILES string of the molecule is CCOC(=O)C1CCC2(CC1)CC(=O)c1ccc(Br)cc1O2. The number of Topliss-reactive ketones (excluding diaryl/α,β-unsaturated/α-hetero) is 1. The molecule has 0 amide bonds. The summed E-state index contributed by atoms with van der Waals surface area (Å²) in [5.41, 5.74) is 0.203. The van der Waals surface area contributed by atoms with Crippen LogP contribution in [0, 0.1) is 5.92 Å². The van der Waals surface area contributed by atoms with Gasteiger partial charge in [-0.3, -0.25) is 9.59 Å². The summed E-state index contributed by atoms with van der Waals surface area (Å²) in [5.74, 6) is 0.597. The van der Waals surface area contributed by atoms with Gasteiger partial charge in [0.1, 0.15) is 11.4 Å². The summed E-state index contributed by atoms with van der Waals surface area (Å²) in [6.45, 7) is 2.23. The van der Waals surface area contributed by atoms with Crippen molar-refractivity contribution in [1.29, 1.82) is 0 Å². The van der Waals surface area contributed by atoms with Crippen molar-refractivity contribution in [3.05, 3.63) is 28.2 Å². The highest BCUT2D eigenvalue weighted by Crippen LogP contribution is 2.44. The van der Waals surface area contributed by atoms with Crippen LogP contribution in [0.3, 0.4) is 0 Å². The smallest absolute Gasteiger partial charge is 0.308 e. The highest BCUT2D eigenvalue weighted by molar-refractivity contribution is 9.10. The first kappa shape index (κ1) is 15.5. The topological polar surface area (TPSA) is 52.6 Å². The van der Waals surface area contributed by atoms with Crippen LogP contribution in [0.4, 0.5) is 0 Å². The minimum Gasteiger partial charge on any atom is -0.486 e. The Balaban J connectivity index is 1.74. The normalized spacial score (nSPS) is 27.2. The maximum absolute atomic E-state index is 12.4. The first-order chi connectivity index (χ1) is 10.5. The zero-order valence-electron chi connectivity index (χ0n) is 12.6. The van der Waals surface area contributed by atoms with E-state index in [4.69, 9.17) is 9.47 Å². The Morgan fingerprint density at radius 1 is 1.41 bits per heavy atom. The van der Waals surface area contributed by atoms with Gasteiger partial charge in [-0.2, -0.15) is 0 Å². The number of benzene rings is 1. The predicted molar refractivity (Wildman–Crippen MR) is 85.0 cm³/mol. The summed E-state index contributed by atoms with van der Waals surface area (Å²) in [6, 6.07) is 5.51. The van der Waals surface area contributed by atoms with Gasteiger partial charge < -0.3 is 9.47 Å². The Morgan fingerprint density at radius 2 is 2.14 bits per heavy atom. The van der Waals surface area contributed by atoms with Crippen LogP contribution in [0.25, 0.3) is 0 Å². The minimum atomic E-state index is -0.451. The van der Waals surface area contributed by atoms with E-state index in [1.807, 2.05) is 19.1 Å². The number of carbonyl (C=O) groups is 2. The Kier molecular flexibility index (Phi) is 4.26. The maximum Gasteiger partial charge on any atom is 0.308 e. The van der Waals surface area contributed by atoms with Gasteiger partial charge in [0.05, 0.1) is 24.5 Å². The number of ketones is 1. The van der Waals surface area contributed by atoms with Crippen molar-refractivity contribution < 1.29 is 19.1 Å². The van der Waals surface area contributed by atoms with E-state index in [9.17, 15) is 9.59 Å². The van der Waals surface area contributed by atoms with E-state index in [1.54, 1.807) is 6.07 Å². The zero-order chi connectivity index (χ0) is 15.7. The van der Waals surface area contributed by atoms with Gasteiger partial charge in [0, 0.05) is 4.47 Å². The fourth-order valence-corrected chi connectivity index (χ4v) is 3.73. The van der Waals surface area contributed by atoms with E-state index in [1.165, 1.54) is 0 Å². The first-order valence-electron chi connectivity index (χ1n) is 7.71. The van der Waals surface area contributed by atoms with Crippen molar-refractivity contribution in [2.24, 2.45) is 5.92 Å². The van der Waals surface area contributed by atoms with E-state index in [2.05, 4.69) is 15.9 Å². The summed E-state index contributed by atoms with van der Waals surface area (Å²) in [7, 11) is 0. The summed E-state index contributed by atoms with van der Waals surface area (Å²) in [5, 5.41) is 0. The molecule has 3 rings (SSSR count). The number of esters is 1. The molecule has 1 fully saturated rings. The molecule has 22 heavy (non-hydrogen) atoms. The second-order valence-corrected chi connectivity index (χ2v) is 6.97. The van der Waals surface area contributed by atoms with Gasteiger partial charge in [0.2, 0.25) is 0 Å². The second kappa shape index (κ2) is 6.03. The molecule has 0 N–H and O–H groups in total. The summed E-state index contributed by atoms with van der Waals surface area (Å²) in [6.07, 6.45) is 3.27.